The summed E-state index contributed by atoms with van der Waals surface area (Å²) in [6, 6.07) is 8.16. The second kappa shape index (κ2) is 6.25. The molecular weight excluding hydrogens is 186 g/mol. The van der Waals surface area contributed by atoms with E-state index in [9.17, 15) is 0 Å². The van der Waals surface area contributed by atoms with Crippen LogP contribution in [0.15, 0.2) is 36.4 Å². The fourth-order valence-corrected chi connectivity index (χ4v) is 1.29. The van der Waals surface area contributed by atoms with Crippen molar-refractivity contribution in [2.75, 3.05) is 13.2 Å². The number of rotatable bonds is 6. The maximum absolute atomic E-state index is 5.37. The Bertz CT molecular complexity index is 303. The van der Waals surface area contributed by atoms with Gasteiger partial charge in [-0.05, 0) is 31.5 Å². The molecule has 1 aromatic rings. The van der Waals surface area contributed by atoms with E-state index in [-0.39, 0.29) is 0 Å². The average molecular weight is 205 g/mol. The Labute approximate surface area is 92.0 Å². The molecule has 1 N–H and O–H groups in total. The molecule has 15 heavy (non-hydrogen) atoms. The monoisotopic (exact) mass is 205 g/mol. The molecule has 0 aliphatic carbocycles. The van der Waals surface area contributed by atoms with Crippen molar-refractivity contribution < 1.29 is 4.74 Å². The van der Waals surface area contributed by atoms with Crippen LogP contribution in [0.3, 0.4) is 0 Å². The first-order valence-electron chi connectivity index (χ1n) is 5.29. The molecule has 0 heterocycles. The second-order valence-corrected chi connectivity index (χ2v) is 3.64. The van der Waals surface area contributed by atoms with Crippen LogP contribution in [0.2, 0.25) is 0 Å². The molecule has 0 fully saturated rings. The van der Waals surface area contributed by atoms with Crippen molar-refractivity contribution in [1.82, 2.24) is 5.32 Å². The van der Waals surface area contributed by atoms with E-state index < -0.39 is 0 Å². The highest BCUT2D eigenvalue weighted by atomic mass is 16.5. The van der Waals surface area contributed by atoms with Gasteiger partial charge in [0.15, 0.2) is 0 Å². The van der Waals surface area contributed by atoms with Crippen LogP contribution in [0.5, 0.6) is 5.75 Å². The standard InChI is InChI=1S/C13H19NO/c1-4-15-13-7-5-12(6-8-13)10-14-9-11(2)3/h5-8,14H,2,4,9-10H2,1,3H3. The van der Waals surface area contributed by atoms with E-state index in [2.05, 4.69) is 24.0 Å². The third-order valence-electron chi connectivity index (χ3n) is 1.99. The van der Waals surface area contributed by atoms with Crippen LogP contribution in [0.25, 0.3) is 0 Å². The van der Waals surface area contributed by atoms with Gasteiger partial charge in [-0.25, -0.2) is 0 Å². The van der Waals surface area contributed by atoms with Crippen LogP contribution < -0.4 is 10.1 Å². The van der Waals surface area contributed by atoms with E-state index in [0.717, 1.165) is 24.4 Å². The molecule has 0 radical (unpaired) electrons. The van der Waals surface area contributed by atoms with Crippen LogP contribution in [0, 0.1) is 0 Å². The van der Waals surface area contributed by atoms with Gasteiger partial charge in [-0.2, -0.15) is 0 Å². The first kappa shape index (κ1) is 11.8. The van der Waals surface area contributed by atoms with E-state index in [1.807, 2.05) is 26.0 Å². The lowest BCUT2D eigenvalue weighted by Crippen LogP contribution is -2.14. The SMILES string of the molecule is C=C(C)CNCc1ccc(OCC)cc1. The molecule has 0 amide bonds. The zero-order valence-corrected chi connectivity index (χ0v) is 9.55. The predicted octanol–water partition coefficient (Wildman–Crippen LogP) is 2.75. The van der Waals surface area contributed by atoms with Crippen LogP contribution >= 0.6 is 0 Å². The molecule has 0 aliphatic heterocycles. The summed E-state index contributed by atoms with van der Waals surface area (Å²) in [5.74, 6) is 0.932. The third kappa shape index (κ3) is 4.66. The molecule has 0 bridgehead atoms. The van der Waals surface area contributed by atoms with Crippen LogP contribution in [-0.4, -0.2) is 13.2 Å². The van der Waals surface area contributed by atoms with Crippen molar-refractivity contribution in [3.05, 3.63) is 42.0 Å². The summed E-state index contributed by atoms with van der Waals surface area (Å²) >= 11 is 0. The van der Waals surface area contributed by atoms with Crippen molar-refractivity contribution in [2.45, 2.75) is 20.4 Å². The first-order valence-corrected chi connectivity index (χ1v) is 5.29. The molecule has 2 nitrogen and oxygen atoms in total. The maximum Gasteiger partial charge on any atom is 0.119 e. The van der Waals surface area contributed by atoms with Gasteiger partial charge in [0.05, 0.1) is 6.61 Å². The lowest BCUT2D eigenvalue weighted by molar-refractivity contribution is 0.340. The molecule has 0 aliphatic rings. The molecule has 82 valence electrons. The van der Waals surface area contributed by atoms with Gasteiger partial charge in [0, 0.05) is 13.1 Å². The molecule has 0 saturated carbocycles. The third-order valence-corrected chi connectivity index (χ3v) is 1.99. The van der Waals surface area contributed by atoms with Crippen molar-refractivity contribution >= 4 is 0 Å². The Balaban J connectivity index is 2.39. The van der Waals surface area contributed by atoms with E-state index in [1.54, 1.807) is 0 Å². The Hall–Kier alpha value is -1.28. The largest absolute Gasteiger partial charge is 0.494 e. The number of hydrogen-bond acceptors (Lipinski definition) is 2. The number of hydrogen-bond donors (Lipinski definition) is 1. The lowest BCUT2D eigenvalue weighted by atomic mass is 10.2. The molecule has 2 heteroatoms. The Morgan fingerprint density at radius 3 is 2.53 bits per heavy atom. The first-order chi connectivity index (χ1) is 7.22. The molecule has 0 saturated heterocycles. The van der Waals surface area contributed by atoms with Gasteiger partial charge in [0.1, 0.15) is 5.75 Å². The van der Waals surface area contributed by atoms with Gasteiger partial charge in [0.25, 0.3) is 0 Å². The smallest absolute Gasteiger partial charge is 0.119 e. The van der Waals surface area contributed by atoms with Crippen molar-refractivity contribution in [3.8, 4) is 5.75 Å². The summed E-state index contributed by atoms with van der Waals surface area (Å²) in [5, 5.41) is 3.31. The lowest BCUT2D eigenvalue weighted by Gasteiger charge is -2.06. The van der Waals surface area contributed by atoms with Crippen molar-refractivity contribution in [3.63, 3.8) is 0 Å². The van der Waals surface area contributed by atoms with Gasteiger partial charge in [-0.3, -0.25) is 0 Å². The molecule has 0 unspecified atom stereocenters. The summed E-state index contributed by atoms with van der Waals surface area (Å²) in [7, 11) is 0. The topological polar surface area (TPSA) is 21.3 Å². The number of nitrogens with one attached hydrogen (secondary N) is 1. The van der Waals surface area contributed by atoms with Gasteiger partial charge in [-0.1, -0.05) is 24.3 Å². The zero-order valence-electron chi connectivity index (χ0n) is 9.55. The minimum Gasteiger partial charge on any atom is -0.494 e. The van der Waals surface area contributed by atoms with Crippen molar-refractivity contribution in [2.24, 2.45) is 0 Å². The normalized spacial score (nSPS) is 10.0. The van der Waals surface area contributed by atoms with E-state index in [0.29, 0.717) is 6.61 Å². The highest BCUT2D eigenvalue weighted by Gasteiger charge is 1.94. The summed E-state index contributed by atoms with van der Waals surface area (Å²) in [5.41, 5.74) is 2.42. The number of benzene rings is 1. The molecule has 0 aromatic heterocycles. The quantitative estimate of drug-likeness (QED) is 0.721. The van der Waals surface area contributed by atoms with Gasteiger partial charge >= 0.3 is 0 Å². The average Bonchev–Trinajstić information content (AvgIpc) is 2.20. The Morgan fingerprint density at radius 2 is 2.00 bits per heavy atom. The fourth-order valence-electron chi connectivity index (χ4n) is 1.29. The molecule has 1 rings (SSSR count). The maximum atomic E-state index is 5.37. The molecule has 1 aromatic carbocycles. The molecule has 0 spiro atoms. The minimum absolute atomic E-state index is 0.716. The molecular formula is C13H19NO. The highest BCUT2D eigenvalue weighted by Crippen LogP contribution is 2.11. The summed E-state index contributed by atoms with van der Waals surface area (Å²) in [6.07, 6.45) is 0. The Morgan fingerprint density at radius 1 is 1.33 bits per heavy atom. The van der Waals surface area contributed by atoms with Crippen LogP contribution in [0.4, 0.5) is 0 Å². The van der Waals surface area contributed by atoms with Gasteiger partial charge in [-0.15, -0.1) is 0 Å². The van der Waals surface area contributed by atoms with Crippen molar-refractivity contribution in [1.29, 1.82) is 0 Å². The summed E-state index contributed by atoms with van der Waals surface area (Å²) < 4.78 is 5.37. The van der Waals surface area contributed by atoms with E-state index in [1.165, 1.54) is 5.56 Å². The van der Waals surface area contributed by atoms with Crippen LogP contribution in [0.1, 0.15) is 19.4 Å². The van der Waals surface area contributed by atoms with Crippen LogP contribution in [-0.2, 0) is 6.54 Å². The summed E-state index contributed by atoms with van der Waals surface area (Å²) in [4.78, 5) is 0. The zero-order chi connectivity index (χ0) is 11.1. The van der Waals surface area contributed by atoms with Gasteiger partial charge < -0.3 is 10.1 Å². The van der Waals surface area contributed by atoms with Gasteiger partial charge in [0.2, 0.25) is 0 Å². The molecule has 0 atom stereocenters. The Kier molecular flexibility index (Phi) is 4.91. The number of ether oxygens (including phenoxy) is 1. The summed E-state index contributed by atoms with van der Waals surface area (Å²) in [6.45, 7) is 10.3. The second-order valence-electron chi connectivity index (χ2n) is 3.64. The minimum atomic E-state index is 0.716. The fraction of sp³-hybridized carbons (Fsp3) is 0.385. The predicted molar refractivity (Wildman–Crippen MR) is 64.1 cm³/mol. The van der Waals surface area contributed by atoms with E-state index in [4.69, 9.17) is 4.74 Å². The van der Waals surface area contributed by atoms with E-state index >= 15 is 0 Å². The highest BCUT2D eigenvalue weighted by molar-refractivity contribution is 5.27.